The molecular weight excluding hydrogens is 218 g/mol. The van der Waals surface area contributed by atoms with E-state index in [0.29, 0.717) is 23.2 Å². The van der Waals surface area contributed by atoms with Crippen molar-refractivity contribution in [2.24, 2.45) is 0 Å². The molecule has 0 N–H and O–H groups in total. The van der Waals surface area contributed by atoms with Gasteiger partial charge in [0, 0.05) is 14.1 Å². The molecule has 1 aliphatic rings. The van der Waals surface area contributed by atoms with Crippen LogP contribution in [0.1, 0.15) is 33.6 Å². The first kappa shape index (κ1) is 11.6. The molecule has 4 heteroatoms. The van der Waals surface area contributed by atoms with Gasteiger partial charge in [-0.2, -0.15) is 0 Å². The van der Waals surface area contributed by atoms with Crippen molar-refractivity contribution in [3.05, 3.63) is 29.3 Å². The average molecular weight is 233 g/mol. The van der Waals surface area contributed by atoms with Crippen molar-refractivity contribution in [1.29, 1.82) is 0 Å². The van der Waals surface area contributed by atoms with E-state index < -0.39 is 0 Å². The molecule has 0 aliphatic heterocycles. The highest BCUT2D eigenvalue weighted by Gasteiger charge is 2.26. The third kappa shape index (κ3) is 2.46. The Morgan fingerprint density at radius 2 is 2.12 bits per heavy atom. The van der Waals surface area contributed by atoms with Gasteiger partial charge in [-0.1, -0.05) is 6.07 Å². The van der Waals surface area contributed by atoms with E-state index in [0.717, 1.165) is 12.8 Å². The first-order valence-corrected chi connectivity index (χ1v) is 5.60. The Bertz CT molecular complexity index is 450. The zero-order valence-corrected chi connectivity index (χ0v) is 9.97. The van der Waals surface area contributed by atoms with Crippen LogP contribution in [0.15, 0.2) is 18.2 Å². The smallest absolute Gasteiger partial charge is 0.254 e. The maximum atomic E-state index is 11.9. The topological polar surface area (TPSA) is 46.6 Å². The van der Waals surface area contributed by atoms with Crippen molar-refractivity contribution in [1.82, 2.24) is 4.90 Å². The third-order valence-corrected chi connectivity index (χ3v) is 2.64. The Morgan fingerprint density at radius 1 is 1.41 bits per heavy atom. The van der Waals surface area contributed by atoms with Crippen LogP contribution in [-0.2, 0) is 0 Å². The van der Waals surface area contributed by atoms with Gasteiger partial charge < -0.3 is 9.64 Å². The minimum atomic E-state index is -0.187. The van der Waals surface area contributed by atoms with E-state index in [9.17, 15) is 9.59 Å². The molecule has 0 aromatic heterocycles. The van der Waals surface area contributed by atoms with Crippen LogP contribution >= 0.6 is 0 Å². The van der Waals surface area contributed by atoms with Crippen LogP contribution in [0.4, 0.5) is 0 Å². The molecule has 1 amide bonds. The molecule has 0 unspecified atom stereocenters. The fraction of sp³-hybridized carbons (Fsp3) is 0.385. The zero-order chi connectivity index (χ0) is 12.4. The number of hydrogen-bond donors (Lipinski definition) is 0. The predicted molar refractivity (Wildman–Crippen MR) is 63.5 cm³/mol. The van der Waals surface area contributed by atoms with Gasteiger partial charge in [0.05, 0.1) is 17.2 Å². The van der Waals surface area contributed by atoms with Crippen LogP contribution in [0.3, 0.4) is 0 Å². The summed E-state index contributed by atoms with van der Waals surface area (Å²) in [6, 6.07) is 5.11. The molecule has 1 aliphatic carbocycles. The van der Waals surface area contributed by atoms with Crippen molar-refractivity contribution in [3.8, 4) is 5.75 Å². The highest BCUT2D eigenvalue weighted by molar-refractivity contribution is 6.02. The summed E-state index contributed by atoms with van der Waals surface area (Å²) >= 11 is 0. The first-order chi connectivity index (χ1) is 8.13. The summed E-state index contributed by atoms with van der Waals surface area (Å²) in [4.78, 5) is 24.5. The summed E-state index contributed by atoms with van der Waals surface area (Å²) in [5.41, 5.74) is 0.737. The fourth-order valence-corrected chi connectivity index (χ4v) is 1.56. The number of ether oxygens (including phenoxy) is 1. The van der Waals surface area contributed by atoms with E-state index in [1.54, 1.807) is 32.3 Å². The number of carbonyl (C=O) groups is 2. The molecular formula is C13H15NO3. The number of rotatable bonds is 4. The minimum Gasteiger partial charge on any atom is -0.490 e. The van der Waals surface area contributed by atoms with Gasteiger partial charge in [-0.25, -0.2) is 0 Å². The second-order valence-electron chi connectivity index (χ2n) is 4.35. The fourth-order valence-electron chi connectivity index (χ4n) is 1.56. The van der Waals surface area contributed by atoms with E-state index in [-0.39, 0.29) is 12.0 Å². The SMILES string of the molecule is CN(C)C(=O)c1cccc(OC2CC2)c1C=O. The molecule has 4 nitrogen and oxygen atoms in total. The average Bonchev–Trinajstić information content (AvgIpc) is 3.11. The Labute approximate surface area is 100 Å². The molecule has 0 saturated heterocycles. The lowest BCUT2D eigenvalue weighted by Crippen LogP contribution is -2.23. The second-order valence-corrected chi connectivity index (χ2v) is 4.35. The molecule has 0 radical (unpaired) electrons. The Hall–Kier alpha value is -1.84. The van der Waals surface area contributed by atoms with Crippen molar-refractivity contribution in [3.63, 3.8) is 0 Å². The highest BCUT2D eigenvalue weighted by Crippen LogP contribution is 2.30. The lowest BCUT2D eigenvalue weighted by molar-refractivity contribution is 0.0823. The van der Waals surface area contributed by atoms with Crippen molar-refractivity contribution >= 4 is 12.2 Å². The number of benzene rings is 1. The van der Waals surface area contributed by atoms with E-state index in [2.05, 4.69) is 0 Å². The van der Waals surface area contributed by atoms with Gasteiger partial charge >= 0.3 is 0 Å². The highest BCUT2D eigenvalue weighted by atomic mass is 16.5. The molecule has 0 heterocycles. The van der Waals surface area contributed by atoms with Crippen LogP contribution in [0.5, 0.6) is 5.75 Å². The summed E-state index contributed by atoms with van der Waals surface area (Å²) < 4.78 is 5.62. The number of amides is 1. The second kappa shape index (κ2) is 4.57. The molecule has 1 aromatic carbocycles. The molecule has 1 fully saturated rings. The van der Waals surface area contributed by atoms with Gasteiger partial charge in [-0.3, -0.25) is 9.59 Å². The van der Waals surface area contributed by atoms with Gasteiger partial charge in [0.1, 0.15) is 5.75 Å². The van der Waals surface area contributed by atoms with E-state index in [4.69, 9.17) is 4.74 Å². The maximum Gasteiger partial charge on any atom is 0.254 e. The minimum absolute atomic E-state index is 0.187. The van der Waals surface area contributed by atoms with Crippen molar-refractivity contribution in [2.75, 3.05) is 14.1 Å². The molecule has 0 atom stereocenters. The zero-order valence-electron chi connectivity index (χ0n) is 9.97. The van der Waals surface area contributed by atoms with Crippen molar-refractivity contribution < 1.29 is 14.3 Å². The summed E-state index contributed by atoms with van der Waals surface area (Å²) in [5.74, 6) is 0.323. The number of hydrogen-bond acceptors (Lipinski definition) is 3. The Balaban J connectivity index is 2.37. The van der Waals surface area contributed by atoms with Gasteiger partial charge in [-0.05, 0) is 25.0 Å². The van der Waals surface area contributed by atoms with Crippen LogP contribution in [0.25, 0.3) is 0 Å². The Kier molecular flexibility index (Phi) is 3.13. The molecule has 0 spiro atoms. The van der Waals surface area contributed by atoms with Gasteiger partial charge in [0.25, 0.3) is 5.91 Å². The van der Waals surface area contributed by atoms with E-state index >= 15 is 0 Å². The van der Waals surface area contributed by atoms with E-state index in [1.165, 1.54) is 4.90 Å². The van der Waals surface area contributed by atoms with Crippen LogP contribution in [0, 0.1) is 0 Å². The molecule has 90 valence electrons. The largest absolute Gasteiger partial charge is 0.490 e. The van der Waals surface area contributed by atoms with Crippen LogP contribution in [0.2, 0.25) is 0 Å². The molecule has 1 aromatic rings. The standard InChI is InChI=1S/C13H15NO3/c1-14(2)13(16)10-4-3-5-12(11(10)8-15)17-9-6-7-9/h3-5,8-9H,6-7H2,1-2H3. The van der Waals surface area contributed by atoms with Crippen LogP contribution in [-0.4, -0.2) is 37.3 Å². The maximum absolute atomic E-state index is 11.9. The van der Waals surface area contributed by atoms with Gasteiger partial charge in [-0.15, -0.1) is 0 Å². The number of nitrogens with zero attached hydrogens (tertiary/aromatic N) is 1. The first-order valence-electron chi connectivity index (χ1n) is 5.60. The Morgan fingerprint density at radius 3 is 2.65 bits per heavy atom. The van der Waals surface area contributed by atoms with E-state index in [1.807, 2.05) is 0 Å². The number of carbonyl (C=O) groups excluding carboxylic acids is 2. The molecule has 17 heavy (non-hydrogen) atoms. The molecule has 0 bridgehead atoms. The molecule has 1 saturated carbocycles. The summed E-state index contributed by atoms with van der Waals surface area (Å²) in [5, 5.41) is 0. The summed E-state index contributed by atoms with van der Waals surface area (Å²) in [6.07, 6.45) is 2.93. The monoisotopic (exact) mass is 233 g/mol. The quantitative estimate of drug-likeness (QED) is 0.744. The lowest BCUT2D eigenvalue weighted by atomic mass is 10.1. The van der Waals surface area contributed by atoms with Gasteiger partial charge in [0.15, 0.2) is 6.29 Å². The van der Waals surface area contributed by atoms with Crippen LogP contribution < -0.4 is 4.74 Å². The number of aldehydes is 1. The third-order valence-electron chi connectivity index (χ3n) is 2.64. The lowest BCUT2D eigenvalue weighted by Gasteiger charge is -2.14. The molecule has 2 rings (SSSR count). The normalized spacial score (nSPS) is 14.2. The predicted octanol–water partition coefficient (Wildman–Crippen LogP) is 1.74. The van der Waals surface area contributed by atoms with Gasteiger partial charge in [0.2, 0.25) is 0 Å². The summed E-state index contributed by atoms with van der Waals surface area (Å²) in [7, 11) is 3.32. The van der Waals surface area contributed by atoms with Crippen molar-refractivity contribution in [2.45, 2.75) is 18.9 Å². The summed E-state index contributed by atoms with van der Waals surface area (Å²) in [6.45, 7) is 0.